The molecule has 0 aliphatic carbocycles. The number of rotatable bonds is 3. The van der Waals surface area contributed by atoms with Crippen LogP contribution in [-0.2, 0) is 4.79 Å². The van der Waals surface area contributed by atoms with Crippen molar-refractivity contribution in [1.29, 1.82) is 0 Å². The average Bonchev–Trinajstić information content (AvgIpc) is 2.54. The molecule has 2 aromatic rings. The summed E-state index contributed by atoms with van der Waals surface area (Å²) in [5.74, 6) is 0.731. The summed E-state index contributed by atoms with van der Waals surface area (Å²) < 4.78 is 11.4. The SMILES string of the molecule is C[C@@H]1Oc2ccccc2O[C@H]1C(=O)Nc1ccc([N+](=O)[O-])cc1. The maximum absolute atomic E-state index is 12.4. The molecule has 3 rings (SSSR count). The summed E-state index contributed by atoms with van der Waals surface area (Å²) in [6.45, 7) is 1.75. The number of amides is 1. The molecule has 1 amide bonds. The molecule has 118 valence electrons. The number of benzene rings is 2. The zero-order valence-electron chi connectivity index (χ0n) is 12.3. The molecule has 0 radical (unpaired) electrons. The van der Waals surface area contributed by atoms with E-state index in [2.05, 4.69) is 5.32 Å². The van der Waals surface area contributed by atoms with Crippen LogP contribution in [0.25, 0.3) is 0 Å². The molecule has 0 saturated carbocycles. The Morgan fingerprint density at radius 2 is 1.70 bits per heavy atom. The molecule has 0 spiro atoms. The van der Waals surface area contributed by atoms with Gasteiger partial charge in [-0.2, -0.15) is 0 Å². The van der Waals surface area contributed by atoms with Gasteiger partial charge in [0.2, 0.25) is 6.10 Å². The van der Waals surface area contributed by atoms with Crippen molar-refractivity contribution in [3.05, 3.63) is 58.6 Å². The normalized spacial score (nSPS) is 19.0. The first-order valence-electron chi connectivity index (χ1n) is 7.02. The predicted octanol–water partition coefficient (Wildman–Crippen LogP) is 2.76. The Kier molecular flexibility index (Phi) is 3.84. The first-order chi connectivity index (χ1) is 11.0. The second-order valence-electron chi connectivity index (χ2n) is 5.10. The van der Waals surface area contributed by atoms with Crippen LogP contribution in [-0.4, -0.2) is 23.0 Å². The Labute approximate surface area is 132 Å². The van der Waals surface area contributed by atoms with E-state index >= 15 is 0 Å². The first kappa shape index (κ1) is 14.8. The third-order valence-corrected chi connectivity index (χ3v) is 3.45. The summed E-state index contributed by atoms with van der Waals surface area (Å²) in [5, 5.41) is 13.3. The third-order valence-electron chi connectivity index (χ3n) is 3.45. The maximum atomic E-state index is 12.4. The molecule has 0 fully saturated rings. The Morgan fingerprint density at radius 1 is 1.09 bits per heavy atom. The van der Waals surface area contributed by atoms with Crippen molar-refractivity contribution < 1.29 is 19.2 Å². The van der Waals surface area contributed by atoms with Crippen LogP contribution in [0.2, 0.25) is 0 Å². The fraction of sp³-hybridized carbons (Fsp3) is 0.188. The quantitative estimate of drug-likeness (QED) is 0.695. The summed E-state index contributed by atoms with van der Waals surface area (Å²) in [6, 6.07) is 12.7. The van der Waals surface area contributed by atoms with Crippen LogP contribution in [0.3, 0.4) is 0 Å². The van der Waals surface area contributed by atoms with Gasteiger partial charge in [-0.3, -0.25) is 14.9 Å². The Hall–Kier alpha value is -3.09. The summed E-state index contributed by atoms with van der Waals surface area (Å²) in [5.41, 5.74) is 0.415. The van der Waals surface area contributed by atoms with Crippen LogP contribution in [0, 0.1) is 10.1 Å². The molecule has 23 heavy (non-hydrogen) atoms. The lowest BCUT2D eigenvalue weighted by atomic mass is 10.1. The zero-order valence-corrected chi connectivity index (χ0v) is 12.3. The topological polar surface area (TPSA) is 90.7 Å². The minimum Gasteiger partial charge on any atom is -0.482 e. The largest absolute Gasteiger partial charge is 0.482 e. The Morgan fingerprint density at radius 3 is 2.30 bits per heavy atom. The molecule has 7 nitrogen and oxygen atoms in total. The van der Waals surface area contributed by atoms with E-state index in [0.29, 0.717) is 17.2 Å². The van der Waals surface area contributed by atoms with Crippen molar-refractivity contribution >= 4 is 17.3 Å². The number of carbonyl (C=O) groups excluding carboxylic acids is 1. The van der Waals surface area contributed by atoms with Gasteiger partial charge < -0.3 is 14.8 Å². The number of para-hydroxylation sites is 2. The highest BCUT2D eigenvalue weighted by molar-refractivity contribution is 5.95. The van der Waals surface area contributed by atoms with E-state index in [-0.39, 0.29) is 11.6 Å². The van der Waals surface area contributed by atoms with Gasteiger partial charge in [0.05, 0.1) is 4.92 Å². The van der Waals surface area contributed by atoms with Gasteiger partial charge in [-0.1, -0.05) is 12.1 Å². The molecule has 2 atom stereocenters. The van der Waals surface area contributed by atoms with Crippen LogP contribution in [0.15, 0.2) is 48.5 Å². The Bertz CT molecular complexity index is 744. The lowest BCUT2D eigenvalue weighted by Crippen LogP contribution is -2.46. The van der Waals surface area contributed by atoms with Crippen LogP contribution >= 0.6 is 0 Å². The van der Waals surface area contributed by atoms with E-state index in [1.54, 1.807) is 25.1 Å². The number of hydrogen-bond acceptors (Lipinski definition) is 5. The standard InChI is InChI=1S/C16H14N2O5/c1-10-15(23-14-5-3-2-4-13(14)22-10)16(19)17-11-6-8-12(9-7-11)18(20)21/h2-10,15H,1H3,(H,17,19)/t10-,15+/m0/s1. The number of fused-ring (bicyclic) bond motifs is 1. The average molecular weight is 314 g/mol. The van der Waals surface area contributed by atoms with E-state index in [0.717, 1.165) is 0 Å². The molecular weight excluding hydrogens is 300 g/mol. The number of nitro benzene ring substituents is 1. The summed E-state index contributed by atoms with van der Waals surface area (Å²) >= 11 is 0. The minimum atomic E-state index is -0.805. The van der Waals surface area contributed by atoms with Gasteiger partial charge in [-0.25, -0.2) is 0 Å². The van der Waals surface area contributed by atoms with Gasteiger partial charge in [0, 0.05) is 17.8 Å². The van der Waals surface area contributed by atoms with Crippen LogP contribution in [0.4, 0.5) is 11.4 Å². The molecule has 0 bridgehead atoms. The van der Waals surface area contributed by atoms with E-state index in [4.69, 9.17) is 9.47 Å². The van der Waals surface area contributed by atoms with E-state index in [1.165, 1.54) is 24.3 Å². The number of nitrogens with zero attached hydrogens (tertiary/aromatic N) is 1. The maximum Gasteiger partial charge on any atom is 0.269 e. The number of non-ortho nitro benzene ring substituents is 1. The van der Waals surface area contributed by atoms with E-state index < -0.39 is 17.1 Å². The molecule has 1 heterocycles. The summed E-state index contributed by atoms with van der Waals surface area (Å²) in [6.07, 6.45) is -1.26. The van der Waals surface area contributed by atoms with E-state index in [1.807, 2.05) is 6.07 Å². The Balaban J connectivity index is 1.72. The molecule has 1 aliphatic rings. The number of nitrogens with one attached hydrogen (secondary N) is 1. The molecule has 2 aromatic carbocycles. The third kappa shape index (κ3) is 3.08. The first-order valence-corrected chi connectivity index (χ1v) is 7.02. The highest BCUT2D eigenvalue weighted by atomic mass is 16.6. The number of hydrogen-bond donors (Lipinski definition) is 1. The number of ether oxygens (including phenoxy) is 2. The van der Waals surface area contributed by atoms with Crippen LogP contribution < -0.4 is 14.8 Å². The summed E-state index contributed by atoms with van der Waals surface area (Å²) in [7, 11) is 0. The van der Waals surface area contributed by atoms with E-state index in [9.17, 15) is 14.9 Å². The van der Waals surface area contributed by atoms with Gasteiger partial charge in [0.1, 0.15) is 6.10 Å². The van der Waals surface area contributed by atoms with Crippen molar-refractivity contribution in [2.24, 2.45) is 0 Å². The van der Waals surface area contributed by atoms with Crippen molar-refractivity contribution in [3.8, 4) is 11.5 Å². The monoisotopic (exact) mass is 314 g/mol. The molecule has 0 aromatic heterocycles. The molecular formula is C16H14N2O5. The van der Waals surface area contributed by atoms with Gasteiger partial charge >= 0.3 is 0 Å². The fourth-order valence-electron chi connectivity index (χ4n) is 2.29. The molecule has 1 N–H and O–H groups in total. The smallest absolute Gasteiger partial charge is 0.269 e. The highest BCUT2D eigenvalue weighted by Crippen LogP contribution is 2.33. The van der Waals surface area contributed by atoms with Gasteiger partial charge in [0.15, 0.2) is 11.5 Å². The lowest BCUT2D eigenvalue weighted by Gasteiger charge is -2.30. The number of nitro groups is 1. The van der Waals surface area contributed by atoms with Gasteiger partial charge in [-0.15, -0.1) is 0 Å². The van der Waals surface area contributed by atoms with Crippen molar-refractivity contribution in [2.45, 2.75) is 19.1 Å². The second kappa shape index (κ2) is 5.96. The second-order valence-corrected chi connectivity index (χ2v) is 5.10. The summed E-state index contributed by atoms with van der Waals surface area (Å²) in [4.78, 5) is 22.5. The number of anilines is 1. The van der Waals surface area contributed by atoms with Gasteiger partial charge in [0.25, 0.3) is 11.6 Å². The van der Waals surface area contributed by atoms with Crippen molar-refractivity contribution in [2.75, 3.05) is 5.32 Å². The predicted molar refractivity (Wildman–Crippen MR) is 82.7 cm³/mol. The van der Waals surface area contributed by atoms with Crippen LogP contribution in [0.5, 0.6) is 11.5 Å². The fourth-order valence-corrected chi connectivity index (χ4v) is 2.29. The van der Waals surface area contributed by atoms with Gasteiger partial charge in [-0.05, 0) is 31.2 Å². The highest BCUT2D eigenvalue weighted by Gasteiger charge is 2.34. The lowest BCUT2D eigenvalue weighted by molar-refractivity contribution is -0.384. The molecule has 7 heteroatoms. The number of carbonyl (C=O) groups is 1. The molecule has 0 saturated heterocycles. The molecule has 1 aliphatic heterocycles. The zero-order chi connectivity index (χ0) is 16.4. The van der Waals surface area contributed by atoms with Crippen LogP contribution in [0.1, 0.15) is 6.92 Å². The van der Waals surface area contributed by atoms with Crippen molar-refractivity contribution in [1.82, 2.24) is 0 Å². The minimum absolute atomic E-state index is 0.0393. The molecule has 0 unspecified atom stereocenters. The van der Waals surface area contributed by atoms with Crippen molar-refractivity contribution in [3.63, 3.8) is 0 Å².